The molecule has 8 nitrogen and oxygen atoms in total. The number of benzene rings is 1. The van der Waals surface area contributed by atoms with Gasteiger partial charge in [-0.25, -0.2) is 4.79 Å². The zero-order chi connectivity index (χ0) is 19.9. The summed E-state index contributed by atoms with van der Waals surface area (Å²) in [5.74, 6) is 0.706. The van der Waals surface area contributed by atoms with E-state index in [1.165, 1.54) is 0 Å². The molecular formula is C21H30Cl3N5O3. The Labute approximate surface area is 207 Å². The summed E-state index contributed by atoms with van der Waals surface area (Å²) in [6.07, 6.45) is 3.38. The largest absolute Gasteiger partial charge is 0.490 e. The predicted octanol–water partition coefficient (Wildman–Crippen LogP) is 3.07. The van der Waals surface area contributed by atoms with Crippen molar-refractivity contribution in [2.45, 2.75) is 6.04 Å². The van der Waals surface area contributed by atoms with Crippen molar-refractivity contribution < 1.29 is 14.3 Å². The Morgan fingerprint density at radius 3 is 2.56 bits per heavy atom. The Balaban J connectivity index is 0.00000171. The lowest BCUT2D eigenvalue weighted by Gasteiger charge is -2.36. The second kappa shape index (κ2) is 14.2. The minimum absolute atomic E-state index is 0. The van der Waals surface area contributed by atoms with Crippen LogP contribution in [0.25, 0.3) is 0 Å². The molecule has 1 aromatic carbocycles. The number of ether oxygens (including phenoxy) is 2. The first kappa shape index (κ1) is 28.1. The highest BCUT2D eigenvalue weighted by Crippen LogP contribution is 2.20. The Morgan fingerprint density at radius 1 is 1.12 bits per heavy atom. The van der Waals surface area contributed by atoms with Crippen molar-refractivity contribution in [3.8, 4) is 5.75 Å². The molecule has 1 atom stereocenters. The summed E-state index contributed by atoms with van der Waals surface area (Å²) >= 11 is 0. The lowest BCUT2D eigenvalue weighted by atomic mass is 10.2. The van der Waals surface area contributed by atoms with Crippen LogP contribution in [0.4, 0.5) is 16.2 Å². The lowest BCUT2D eigenvalue weighted by Crippen LogP contribution is -2.57. The zero-order valence-electron chi connectivity index (χ0n) is 17.6. The summed E-state index contributed by atoms with van der Waals surface area (Å²) in [6.45, 7) is 5.82. The van der Waals surface area contributed by atoms with Gasteiger partial charge < -0.3 is 29.9 Å². The fraction of sp³-hybridized carbons (Fsp3) is 0.429. The number of pyridine rings is 1. The number of rotatable bonds is 5. The topological polar surface area (TPSA) is 79.0 Å². The summed E-state index contributed by atoms with van der Waals surface area (Å²) in [5, 5.41) is 6.35. The van der Waals surface area contributed by atoms with Crippen LogP contribution in [-0.4, -0.2) is 74.5 Å². The smallest absolute Gasteiger partial charge is 0.322 e. The highest BCUT2D eigenvalue weighted by molar-refractivity contribution is 5.90. The summed E-state index contributed by atoms with van der Waals surface area (Å²) in [6, 6.07) is 11.5. The van der Waals surface area contributed by atoms with Crippen LogP contribution >= 0.6 is 37.2 Å². The number of hydrogen-bond acceptors (Lipinski definition) is 6. The number of amides is 2. The van der Waals surface area contributed by atoms with Crippen LogP contribution in [0.2, 0.25) is 0 Å². The number of morpholine rings is 1. The number of piperazine rings is 1. The van der Waals surface area contributed by atoms with Gasteiger partial charge in [0.25, 0.3) is 0 Å². The van der Waals surface area contributed by atoms with Gasteiger partial charge in [0.15, 0.2) is 0 Å². The first-order valence-corrected chi connectivity index (χ1v) is 10.0. The number of halogens is 3. The Hall–Kier alpha value is -1.97. The molecule has 2 amide bonds. The number of anilines is 2. The second-order valence-corrected chi connectivity index (χ2v) is 7.13. The summed E-state index contributed by atoms with van der Waals surface area (Å²) in [4.78, 5) is 21.0. The molecule has 2 saturated heterocycles. The number of hydrogen-bond donors (Lipinski definition) is 2. The number of nitrogens with one attached hydrogen (secondary N) is 2. The Bertz CT molecular complexity index is 795. The van der Waals surface area contributed by atoms with Crippen LogP contribution in [0.15, 0.2) is 48.8 Å². The summed E-state index contributed by atoms with van der Waals surface area (Å²) in [7, 11) is 0. The molecule has 2 aliphatic rings. The molecular weight excluding hydrogens is 477 g/mol. The maximum absolute atomic E-state index is 12.9. The second-order valence-electron chi connectivity index (χ2n) is 7.13. The van der Waals surface area contributed by atoms with Crippen molar-refractivity contribution in [2.75, 3.05) is 62.8 Å². The zero-order valence-corrected chi connectivity index (χ0v) is 20.1. The minimum Gasteiger partial charge on any atom is -0.490 e. The third-order valence-electron chi connectivity index (χ3n) is 5.18. The van der Waals surface area contributed by atoms with E-state index in [1.54, 1.807) is 12.4 Å². The number of carbonyl (C=O) groups excluding carboxylic acids is 1. The van der Waals surface area contributed by atoms with Gasteiger partial charge in [-0.05, 0) is 36.4 Å². The first-order valence-electron chi connectivity index (χ1n) is 10.0. The van der Waals surface area contributed by atoms with Gasteiger partial charge in [-0.1, -0.05) is 0 Å². The van der Waals surface area contributed by atoms with Crippen LogP contribution in [-0.2, 0) is 4.74 Å². The van der Waals surface area contributed by atoms with Crippen LogP contribution in [0.5, 0.6) is 5.75 Å². The van der Waals surface area contributed by atoms with Gasteiger partial charge in [0.1, 0.15) is 12.4 Å². The number of carbonyl (C=O) groups is 1. The van der Waals surface area contributed by atoms with Gasteiger partial charge in [-0.3, -0.25) is 4.98 Å². The molecule has 2 aliphatic heterocycles. The van der Waals surface area contributed by atoms with Gasteiger partial charge in [0.05, 0.1) is 25.5 Å². The maximum Gasteiger partial charge on any atom is 0.322 e. The molecule has 2 N–H and O–H groups in total. The molecule has 1 unspecified atom stereocenters. The van der Waals surface area contributed by atoms with E-state index in [-0.39, 0.29) is 49.3 Å². The fourth-order valence-corrected chi connectivity index (χ4v) is 3.57. The monoisotopic (exact) mass is 505 g/mol. The Morgan fingerprint density at radius 2 is 1.88 bits per heavy atom. The van der Waals surface area contributed by atoms with Crippen LogP contribution < -0.4 is 20.3 Å². The van der Waals surface area contributed by atoms with Gasteiger partial charge in [0.2, 0.25) is 0 Å². The van der Waals surface area contributed by atoms with Crippen LogP contribution in [0.1, 0.15) is 0 Å². The van der Waals surface area contributed by atoms with E-state index >= 15 is 0 Å². The van der Waals surface area contributed by atoms with Crippen molar-refractivity contribution in [1.82, 2.24) is 15.2 Å². The molecule has 2 fully saturated rings. The molecule has 0 spiro atoms. The van der Waals surface area contributed by atoms with Crippen molar-refractivity contribution in [1.29, 1.82) is 0 Å². The molecule has 0 aliphatic carbocycles. The van der Waals surface area contributed by atoms with Crippen molar-refractivity contribution >= 4 is 54.6 Å². The molecule has 0 saturated carbocycles. The number of aromatic nitrogens is 1. The average molecular weight is 507 g/mol. The van der Waals surface area contributed by atoms with Crippen LogP contribution in [0.3, 0.4) is 0 Å². The quantitative estimate of drug-likeness (QED) is 0.649. The predicted molar refractivity (Wildman–Crippen MR) is 133 cm³/mol. The van der Waals surface area contributed by atoms with Crippen LogP contribution in [0, 0.1) is 0 Å². The molecule has 4 rings (SSSR count). The molecule has 0 radical (unpaired) electrons. The minimum atomic E-state index is -0.106. The first-order chi connectivity index (χ1) is 14.3. The molecule has 1 aromatic heterocycles. The van der Waals surface area contributed by atoms with E-state index < -0.39 is 0 Å². The molecule has 32 heavy (non-hydrogen) atoms. The summed E-state index contributed by atoms with van der Waals surface area (Å²) in [5.41, 5.74) is 1.94. The van der Waals surface area contributed by atoms with E-state index in [1.807, 2.05) is 41.3 Å². The third-order valence-corrected chi connectivity index (χ3v) is 5.18. The standard InChI is InChI=1S/C21H27N5O3.3ClH/c27-21(24-17-3-5-18(6-4-17)25-10-12-28-13-11-25)26-9-8-23-14-19(26)16-29-20-2-1-7-22-15-20;;;/h1-7,15,19,23H,8-14,16H2,(H,24,27);3*1H. The molecule has 2 aromatic rings. The fourth-order valence-electron chi connectivity index (χ4n) is 3.57. The van der Waals surface area contributed by atoms with E-state index in [2.05, 4.69) is 20.5 Å². The highest BCUT2D eigenvalue weighted by Gasteiger charge is 2.27. The van der Waals surface area contributed by atoms with Crippen molar-refractivity contribution in [3.63, 3.8) is 0 Å². The Kier molecular flexibility index (Phi) is 12.5. The third kappa shape index (κ3) is 7.56. The van der Waals surface area contributed by atoms with Crippen molar-refractivity contribution in [2.24, 2.45) is 0 Å². The number of urea groups is 1. The molecule has 178 valence electrons. The van der Waals surface area contributed by atoms with E-state index in [0.717, 1.165) is 44.2 Å². The van der Waals surface area contributed by atoms with Gasteiger partial charge in [-0.2, -0.15) is 0 Å². The summed E-state index contributed by atoms with van der Waals surface area (Å²) < 4.78 is 11.2. The normalized spacial score (nSPS) is 17.8. The molecule has 3 heterocycles. The van der Waals surface area contributed by atoms with Gasteiger partial charge >= 0.3 is 6.03 Å². The average Bonchev–Trinajstić information content (AvgIpc) is 2.80. The number of nitrogens with zero attached hydrogens (tertiary/aromatic N) is 3. The van der Waals surface area contributed by atoms with E-state index in [9.17, 15) is 4.79 Å². The van der Waals surface area contributed by atoms with Crippen molar-refractivity contribution in [3.05, 3.63) is 48.8 Å². The highest BCUT2D eigenvalue weighted by atomic mass is 35.5. The maximum atomic E-state index is 12.9. The van der Waals surface area contributed by atoms with Gasteiger partial charge in [0, 0.05) is 50.3 Å². The van der Waals surface area contributed by atoms with E-state index in [4.69, 9.17) is 9.47 Å². The SMILES string of the molecule is Cl.Cl.Cl.O=C(Nc1ccc(N2CCOCC2)cc1)N1CCNCC1COc1cccnc1. The molecule has 11 heteroatoms. The molecule has 0 bridgehead atoms. The van der Waals surface area contributed by atoms with E-state index in [0.29, 0.717) is 25.4 Å². The lowest BCUT2D eigenvalue weighted by molar-refractivity contribution is 0.122. The van der Waals surface area contributed by atoms with Gasteiger partial charge in [-0.15, -0.1) is 37.2 Å².